The number of benzene rings is 4. The molecule has 234 valence electrons. The van der Waals surface area contributed by atoms with E-state index in [2.05, 4.69) is 106 Å². The summed E-state index contributed by atoms with van der Waals surface area (Å²) in [6, 6.07) is 33.8. The van der Waals surface area contributed by atoms with Crippen LogP contribution in [0, 0.1) is 0 Å². The van der Waals surface area contributed by atoms with Gasteiger partial charge in [0.25, 0.3) is 0 Å². The molecule has 0 radical (unpaired) electrons. The summed E-state index contributed by atoms with van der Waals surface area (Å²) in [5.74, 6) is 2.75. The summed E-state index contributed by atoms with van der Waals surface area (Å²) in [5.41, 5.74) is 5.87. The molecule has 0 aliphatic heterocycles. The van der Waals surface area contributed by atoms with Gasteiger partial charge in [0.15, 0.2) is 0 Å². The van der Waals surface area contributed by atoms with Gasteiger partial charge in [0.05, 0.1) is 12.7 Å². The lowest BCUT2D eigenvalue weighted by Crippen LogP contribution is -2.11. The van der Waals surface area contributed by atoms with Crippen molar-refractivity contribution in [2.45, 2.75) is 104 Å². The Labute approximate surface area is 266 Å². The molecule has 0 aromatic heterocycles. The topological polar surface area (TPSA) is 27.7 Å². The molecule has 0 amide bonds. The van der Waals surface area contributed by atoms with E-state index in [1.807, 2.05) is 12.1 Å². The van der Waals surface area contributed by atoms with Crippen LogP contribution in [0.4, 0.5) is 0 Å². The van der Waals surface area contributed by atoms with Crippen LogP contribution in [-0.2, 0) is 6.61 Å². The minimum Gasteiger partial charge on any atom is -0.494 e. The highest BCUT2D eigenvalue weighted by atomic mass is 16.5. The maximum atomic E-state index is 6.12. The van der Waals surface area contributed by atoms with E-state index >= 15 is 0 Å². The van der Waals surface area contributed by atoms with Crippen LogP contribution in [0.2, 0.25) is 0 Å². The van der Waals surface area contributed by atoms with Crippen LogP contribution >= 0.6 is 0 Å². The summed E-state index contributed by atoms with van der Waals surface area (Å²) in [5, 5.41) is 0. The Kier molecular flexibility index (Phi) is 14.2. The SMILES string of the molecule is CCCCCCCCOc1ccc(-c2ccc(COc3ccc(-c4ccc(O[C@H](C)CCCCCC)cc4)cc3)cc2)cc1. The van der Waals surface area contributed by atoms with Gasteiger partial charge in [0.1, 0.15) is 23.9 Å². The van der Waals surface area contributed by atoms with Crippen molar-refractivity contribution in [1.29, 1.82) is 0 Å². The van der Waals surface area contributed by atoms with Crippen LogP contribution in [0.25, 0.3) is 22.3 Å². The predicted molar refractivity (Wildman–Crippen MR) is 186 cm³/mol. The molecule has 0 N–H and O–H groups in total. The Balaban J connectivity index is 1.19. The van der Waals surface area contributed by atoms with E-state index in [9.17, 15) is 0 Å². The lowest BCUT2D eigenvalue weighted by molar-refractivity contribution is 0.206. The third-order valence-corrected chi connectivity index (χ3v) is 8.16. The van der Waals surface area contributed by atoms with Gasteiger partial charge < -0.3 is 14.2 Å². The van der Waals surface area contributed by atoms with Crippen molar-refractivity contribution < 1.29 is 14.2 Å². The van der Waals surface area contributed by atoms with Gasteiger partial charge >= 0.3 is 0 Å². The highest BCUT2D eigenvalue weighted by Gasteiger charge is 2.06. The summed E-state index contributed by atoms with van der Waals surface area (Å²) in [6.07, 6.45) is 14.1. The quantitative estimate of drug-likeness (QED) is 0.0955. The second kappa shape index (κ2) is 18.8. The highest BCUT2D eigenvalue weighted by molar-refractivity contribution is 5.65. The lowest BCUT2D eigenvalue weighted by atomic mass is 10.0. The third kappa shape index (κ3) is 11.4. The monoisotopic (exact) mass is 592 g/mol. The maximum Gasteiger partial charge on any atom is 0.119 e. The van der Waals surface area contributed by atoms with Crippen molar-refractivity contribution in [3.05, 3.63) is 103 Å². The number of hydrogen-bond acceptors (Lipinski definition) is 3. The molecular formula is C41H52O3. The highest BCUT2D eigenvalue weighted by Crippen LogP contribution is 2.27. The standard InChI is InChI=1S/C41H52O3/c1-4-6-8-10-11-13-31-42-39-25-19-36(20-26-39)35-17-15-34(16-18-35)32-43-40-27-21-37(22-28-40)38-23-29-41(30-24-38)44-33(3)14-12-9-7-5-2/h15-30,33H,4-14,31-32H2,1-3H3/t33-/m1/s1. The first kappa shape index (κ1) is 33.2. The Morgan fingerprint density at radius 3 is 1.43 bits per heavy atom. The predicted octanol–water partition coefficient (Wildman–Crippen LogP) is 12.1. The van der Waals surface area contributed by atoms with Gasteiger partial charge in [0, 0.05) is 0 Å². The Morgan fingerprint density at radius 1 is 0.455 bits per heavy atom. The first-order chi connectivity index (χ1) is 21.6. The van der Waals surface area contributed by atoms with Crippen LogP contribution < -0.4 is 14.2 Å². The molecule has 0 aliphatic carbocycles. The average Bonchev–Trinajstić information content (AvgIpc) is 3.06. The summed E-state index contributed by atoms with van der Waals surface area (Å²) in [6.45, 7) is 8.00. The molecule has 0 saturated carbocycles. The van der Waals surface area contributed by atoms with Crippen LogP contribution in [-0.4, -0.2) is 12.7 Å². The number of rotatable bonds is 20. The minimum atomic E-state index is 0.247. The summed E-state index contributed by atoms with van der Waals surface area (Å²) < 4.78 is 18.2. The zero-order chi connectivity index (χ0) is 30.8. The molecule has 0 saturated heterocycles. The van der Waals surface area contributed by atoms with Crippen molar-refractivity contribution in [1.82, 2.24) is 0 Å². The summed E-state index contributed by atoms with van der Waals surface area (Å²) in [7, 11) is 0. The normalized spacial score (nSPS) is 11.7. The van der Waals surface area contributed by atoms with Crippen LogP contribution in [0.1, 0.15) is 97.0 Å². The summed E-state index contributed by atoms with van der Waals surface area (Å²) in [4.78, 5) is 0. The van der Waals surface area contributed by atoms with Crippen LogP contribution in [0.5, 0.6) is 17.2 Å². The molecule has 4 aromatic rings. The Morgan fingerprint density at radius 2 is 0.886 bits per heavy atom. The molecule has 4 aromatic carbocycles. The van der Waals surface area contributed by atoms with Crippen molar-refractivity contribution in [3.8, 4) is 39.5 Å². The molecule has 3 heteroatoms. The number of unbranched alkanes of at least 4 members (excludes halogenated alkanes) is 8. The van der Waals surface area contributed by atoms with E-state index in [1.165, 1.54) is 80.0 Å². The van der Waals surface area contributed by atoms with Gasteiger partial charge in [-0.2, -0.15) is 0 Å². The zero-order valence-electron chi connectivity index (χ0n) is 27.2. The molecule has 0 bridgehead atoms. The molecule has 0 heterocycles. The number of hydrogen-bond donors (Lipinski definition) is 0. The third-order valence-electron chi connectivity index (χ3n) is 8.16. The van der Waals surface area contributed by atoms with Gasteiger partial charge in [-0.25, -0.2) is 0 Å². The van der Waals surface area contributed by atoms with Gasteiger partial charge in [-0.3, -0.25) is 0 Å². The second-order valence-corrected chi connectivity index (χ2v) is 12.0. The van der Waals surface area contributed by atoms with Crippen molar-refractivity contribution in [3.63, 3.8) is 0 Å². The first-order valence-corrected chi connectivity index (χ1v) is 17.0. The van der Waals surface area contributed by atoms with Crippen molar-refractivity contribution in [2.75, 3.05) is 6.61 Å². The molecule has 0 fully saturated rings. The average molecular weight is 593 g/mol. The fourth-order valence-electron chi connectivity index (χ4n) is 5.40. The van der Waals surface area contributed by atoms with Crippen LogP contribution in [0.15, 0.2) is 97.1 Å². The molecule has 0 unspecified atom stereocenters. The maximum absolute atomic E-state index is 6.12. The van der Waals surface area contributed by atoms with Crippen molar-refractivity contribution >= 4 is 0 Å². The Bertz CT molecular complexity index is 1310. The zero-order valence-corrected chi connectivity index (χ0v) is 27.2. The van der Waals surface area contributed by atoms with E-state index in [0.29, 0.717) is 6.61 Å². The lowest BCUT2D eigenvalue weighted by Gasteiger charge is -2.15. The molecule has 3 nitrogen and oxygen atoms in total. The minimum absolute atomic E-state index is 0.247. The van der Waals surface area contributed by atoms with Crippen LogP contribution in [0.3, 0.4) is 0 Å². The Hall–Kier alpha value is -3.72. The first-order valence-electron chi connectivity index (χ1n) is 17.0. The van der Waals surface area contributed by atoms with Gasteiger partial charge in [-0.05, 0) is 90.4 Å². The molecule has 1 atom stereocenters. The van der Waals surface area contributed by atoms with E-state index in [4.69, 9.17) is 14.2 Å². The largest absolute Gasteiger partial charge is 0.494 e. The van der Waals surface area contributed by atoms with E-state index in [0.717, 1.165) is 42.3 Å². The molecular weight excluding hydrogens is 540 g/mol. The van der Waals surface area contributed by atoms with E-state index in [1.54, 1.807) is 0 Å². The fraction of sp³-hybridized carbons (Fsp3) is 0.415. The molecule has 0 spiro atoms. The molecule has 4 rings (SSSR count). The molecule has 0 aliphatic rings. The second-order valence-electron chi connectivity index (χ2n) is 12.0. The van der Waals surface area contributed by atoms with E-state index < -0.39 is 0 Å². The van der Waals surface area contributed by atoms with Gasteiger partial charge in [-0.15, -0.1) is 0 Å². The van der Waals surface area contributed by atoms with Gasteiger partial charge in [-0.1, -0.05) is 126 Å². The smallest absolute Gasteiger partial charge is 0.119 e. The molecule has 44 heavy (non-hydrogen) atoms. The fourth-order valence-corrected chi connectivity index (χ4v) is 5.40. The summed E-state index contributed by atoms with van der Waals surface area (Å²) >= 11 is 0. The number of ether oxygens (including phenoxy) is 3. The van der Waals surface area contributed by atoms with E-state index in [-0.39, 0.29) is 6.10 Å². The van der Waals surface area contributed by atoms with Gasteiger partial charge in [0.2, 0.25) is 0 Å². The van der Waals surface area contributed by atoms with Crippen molar-refractivity contribution in [2.24, 2.45) is 0 Å².